The second kappa shape index (κ2) is 20.9. The first-order chi connectivity index (χ1) is 13.7. The van der Waals surface area contributed by atoms with Crippen LogP contribution in [0.3, 0.4) is 0 Å². The quantitative estimate of drug-likeness (QED) is 0.191. The lowest BCUT2D eigenvalue weighted by atomic mass is 9.97. The zero-order valence-corrected chi connectivity index (χ0v) is 17.0. The van der Waals surface area contributed by atoms with Crippen LogP contribution in [0, 0.1) is 0 Å². The molecule has 0 rings (SSSR count). The standard InChI is InChI=1S/C20H38O8/c1-3-5-20(22,6-4-2)19-28-18-17-27-16-15-26-14-13-25-12-11-24-10-9-23-8-7-21/h3-4,21-22H,1-2,5-19H2. The number of ether oxygens (including phenoxy) is 6. The second-order valence-electron chi connectivity index (χ2n) is 6.05. The first-order valence-corrected chi connectivity index (χ1v) is 9.70. The molecule has 8 heteroatoms. The van der Waals surface area contributed by atoms with Crippen LogP contribution in [0.5, 0.6) is 0 Å². The minimum absolute atomic E-state index is 0.0263. The third-order valence-electron chi connectivity index (χ3n) is 3.52. The van der Waals surface area contributed by atoms with Crippen molar-refractivity contribution in [2.75, 3.05) is 85.9 Å². The van der Waals surface area contributed by atoms with E-state index in [0.717, 1.165) is 0 Å². The highest BCUT2D eigenvalue weighted by Crippen LogP contribution is 2.16. The number of hydrogen-bond donors (Lipinski definition) is 2. The van der Waals surface area contributed by atoms with Crippen molar-refractivity contribution in [3.05, 3.63) is 25.3 Å². The van der Waals surface area contributed by atoms with Gasteiger partial charge in [0.2, 0.25) is 0 Å². The summed E-state index contributed by atoms with van der Waals surface area (Å²) in [4.78, 5) is 0. The van der Waals surface area contributed by atoms with Gasteiger partial charge in [-0.25, -0.2) is 0 Å². The summed E-state index contributed by atoms with van der Waals surface area (Å²) in [5, 5.41) is 18.8. The van der Waals surface area contributed by atoms with Gasteiger partial charge in [-0.15, -0.1) is 13.2 Å². The van der Waals surface area contributed by atoms with Gasteiger partial charge in [0.15, 0.2) is 0 Å². The van der Waals surface area contributed by atoms with Crippen LogP contribution in [0.25, 0.3) is 0 Å². The molecule has 8 nitrogen and oxygen atoms in total. The predicted octanol–water partition coefficient (Wildman–Crippen LogP) is 0.962. The molecule has 28 heavy (non-hydrogen) atoms. The fourth-order valence-electron chi connectivity index (χ4n) is 2.16. The van der Waals surface area contributed by atoms with Gasteiger partial charge < -0.3 is 38.6 Å². The molecule has 0 aromatic carbocycles. The molecule has 0 aliphatic rings. The van der Waals surface area contributed by atoms with Gasteiger partial charge >= 0.3 is 0 Å². The summed E-state index contributed by atoms with van der Waals surface area (Å²) in [6, 6.07) is 0. The maximum atomic E-state index is 10.3. The number of rotatable bonds is 23. The zero-order valence-electron chi connectivity index (χ0n) is 17.0. The summed E-state index contributed by atoms with van der Waals surface area (Å²) in [6.45, 7) is 12.6. The van der Waals surface area contributed by atoms with Crippen LogP contribution in [0.15, 0.2) is 25.3 Å². The Morgan fingerprint density at radius 2 is 0.893 bits per heavy atom. The third kappa shape index (κ3) is 18.5. The summed E-state index contributed by atoms with van der Waals surface area (Å²) in [5.41, 5.74) is -0.939. The normalized spacial score (nSPS) is 11.6. The van der Waals surface area contributed by atoms with E-state index in [0.29, 0.717) is 85.5 Å². The molecule has 0 radical (unpaired) electrons. The Kier molecular flexibility index (Phi) is 20.3. The van der Waals surface area contributed by atoms with Gasteiger partial charge in [0.1, 0.15) is 0 Å². The third-order valence-corrected chi connectivity index (χ3v) is 3.52. The maximum Gasteiger partial charge on any atom is 0.0948 e. The van der Waals surface area contributed by atoms with Crippen LogP contribution < -0.4 is 0 Å². The molecule has 0 atom stereocenters. The maximum absolute atomic E-state index is 10.3. The second-order valence-corrected chi connectivity index (χ2v) is 6.05. The minimum Gasteiger partial charge on any atom is -0.394 e. The molecule has 0 saturated heterocycles. The van der Waals surface area contributed by atoms with Crippen molar-refractivity contribution in [1.82, 2.24) is 0 Å². The Balaban J connectivity index is 3.25. The van der Waals surface area contributed by atoms with Gasteiger partial charge in [0.25, 0.3) is 0 Å². The van der Waals surface area contributed by atoms with E-state index in [2.05, 4.69) is 13.2 Å². The Hall–Kier alpha value is -0.840. The lowest BCUT2D eigenvalue weighted by Crippen LogP contribution is -2.34. The van der Waals surface area contributed by atoms with Crippen LogP contribution in [0.4, 0.5) is 0 Å². The molecule has 0 heterocycles. The lowest BCUT2D eigenvalue weighted by Gasteiger charge is -2.25. The molecule has 0 aliphatic carbocycles. The van der Waals surface area contributed by atoms with Gasteiger partial charge in [0, 0.05) is 0 Å². The topological polar surface area (TPSA) is 95.8 Å². The smallest absolute Gasteiger partial charge is 0.0948 e. The molecular formula is C20H38O8. The first kappa shape index (κ1) is 27.2. The van der Waals surface area contributed by atoms with Crippen LogP contribution in [0.1, 0.15) is 12.8 Å². The first-order valence-electron chi connectivity index (χ1n) is 9.70. The van der Waals surface area contributed by atoms with Gasteiger partial charge in [0.05, 0.1) is 91.5 Å². The fourth-order valence-corrected chi connectivity index (χ4v) is 2.16. The lowest BCUT2D eigenvalue weighted by molar-refractivity contribution is -0.0592. The van der Waals surface area contributed by atoms with E-state index in [-0.39, 0.29) is 13.2 Å². The highest BCUT2D eigenvalue weighted by molar-refractivity contribution is 4.91. The summed E-state index contributed by atoms with van der Waals surface area (Å²) >= 11 is 0. The van der Waals surface area contributed by atoms with Crippen molar-refractivity contribution < 1.29 is 38.6 Å². The van der Waals surface area contributed by atoms with Crippen molar-refractivity contribution in [1.29, 1.82) is 0 Å². The number of aliphatic hydroxyl groups excluding tert-OH is 1. The van der Waals surface area contributed by atoms with E-state index in [1.54, 1.807) is 12.2 Å². The minimum atomic E-state index is -0.939. The molecule has 0 saturated carbocycles. The average molecular weight is 407 g/mol. The predicted molar refractivity (Wildman–Crippen MR) is 107 cm³/mol. The molecule has 0 aliphatic heterocycles. The summed E-state index contributed by atoms with van der Waals surface area (Å²) in [6.07, 6.45) is 4.27. The Labute approximate surface area is 169 Å². The van der Waals surface area contributed by atoms with Crippen molar-refractivity contribution in [2.45, 2.75) is 18.4 Å². The van der Waals surface area contributed by atoms with Crippen molar-refractivity contribution >= 4 is 0 Å². The molecule has 166 valence electrons. The van der Waals surface area contributed by atoms with Gasteiger partial charge in [-0.3, -0.25) is 0 Å². The largest absolute Gasteiger partial charge is 0.394 e. The van der Waals surface area contributed by atoms with Gasteiger partial charge in [-0.05, 0) is 12.8 Å². The Morgan fingerprint density at radius 3 is 1.21 bits per heavy atom. The SMILES string of the molecule is C=CCC(O)(CC=C)COCCOCCOCCOCCOCCOCCO. The molecule has 0 aromatic rings. The van der Waals surface area contributed by atoms with Gasteiger partial charge in [-0.2, -0.15) is 0 Å². The zero-order chi connectivity index (χ0) is 20.8. The van der Waals surface area contributed by atoms with Crippen LogP contribution >= 0.6 is 0 Å². The van der Waals surface area contributed by atoms with Crippen LogP contribution in [0.2, 0.25) is 0 Å². The van der Waals surface area contributed by atoms with E-state index in [1.807, 2.05) is 0 Å². The van der Waals surface area contributed by atoms with Crippen LogP contribution in [-0.4, -0.2) is 102 Å². The molecule has 0 amide bonds. The molecule has 0 unspecified atom stereocenters. The Morgan fingerprint density at radius 1 is 0.571 bits per heavy atom. The summed E-state index contributed by atoms with van der Waals surface area (Å²) in [5.74, 6) is 0. The monoisotopic (exact) mass is 406 g/mol. The number of hydrogen-bond acceptors (Lipinski definition) is 8. The molecular weight excluding hydrogens is 368 g/mol. The molecule has 0 aromatic heterocycles. The van der Waals surface area contributed by atoms with E-state index < -0.39 is 5.60 Å². The molecule has 0 fully saturated rings. The van der Waals surface area contributed by atoms with Crippen molar-refractivity contribution in [2.24, 2.45) is 0 Å². The van der Waals surface area contributed by atoms with Crippen LogP contribution in [-0.2, 0) is 28.4 Å². The summed E-state index contributed by atoms with van der Waals surface area (Å²) in [7, 11) is 0. The van der Waals surface area contributed by atoms with E-state index in [1.165, 1.54) is 0 Å². The molecule has 2 N–H and O–H groups in total. The van der Waals surface area contributed by atoms with Gasteiger partial charge in [-0.1, -0.05) is 12.2 Å². The van der Waals surface area contributed by atoms with Crippen molar-refractivity contribution in [3.8, 4) is 0 Å². The molecule has 0 spiro atoms. The van der Waals surface area contributed by atoms with E-state index in [4.69, 9.17) is 33.5 Å². The highest BCUT2D eigenvalue weighted by Gasteiger charge is 2.23. The van der Waals surface area contributed by atoms with Crippen molar-refractivity contribution in [3.63, 3.8) is 0 Å². The Bertz CT molecular complexity index is 341. The summed E-state index contributed by atoms with van der Waals surface area (Å²) < 4.78 is 32.0. The van der Waals surface area contributed by atoms with E-state index >= 15 is 0 Å². The highest BCUT2D eigenvalue weighted by atomic mass is 16.6. The average Bonchev–Trinajstić information content (AvgIpc) is 2.67. The number of aliphatic hydroxyl groups is 2. The molecule has 0 bridgehead atoms. The fraction of sp³-hybridized carbons (Fsp3) is 0.800. The van der Waals surface area contributed by atoms with E-state index in [9.17, 15) is 5.11 Å².